The fourth-order valence-corrected chi connectivity index (χ4v) is 3.74. The van der Waals surface area contributed by atoms with Crippen molar-refractivity contribution in [2.24, 2.45) is 0 Å². The zero-order valence-electron chi connectivity index (χ0n) is 20.3. The molecule has 0 atom stereocenters. The number of carbonyl (C=O) groups excluding carboxylic acids is 1. The molecule has 0 radical (unpaired) electrons. The van der Waals surface area contributed by atoms with Crippen molar-refractivity contribution < 1.29 is 14.3 Å². The van der Waals surface area contributed by atoms with Gasteiger partial charge in [-0.15, -0.1) is 12.3 Å². The molecule has 0 aliphatic heterocycles. The van der Waals surface area contributed by atoms with Gasteiger partial charge in [0.05, 0.1) is 6.61 Å². The van der Waals surface area contributed by atoms with Gasteiger partial charge in [-0.05, 0) is 54.7 Å². The Labute approximate surface area is 200 Å². The quantitative estimate of drug-likeness (QED) is 0.105. The van der Waals surface area contributed by atoms with E-state index in [9.17, 15) is 4.79 Å². The molecule has 178 valence electrons. The van der Waals surface area contributed by atoms with E-state index in [1.54, 1.807) is 0 Å². The number of ether oxygens (including phenoxy) is 2. The van der Waals surface area contributed by atoms with Crippen molar-refractivity contribution in [3.8, 4) is 35.0 Å². The number of rotatable bonds is 17. The summed E-state index contributed by atoms with van der Waals surface area (Å²) >= 11 is 0. The Balaban J connectivity index is 1.66. The zero-order chi connectivity index (χ0) is 23.6. The first kappa shape index (κ1) is 26.5. The molecular weight excluding hydrogens is 408 g/mol. The molecule has 0 fully saturated rings. The number of esters is 1. The van der Waals surface area contributed by atoms with Gasteiger partial charge < -0.3 is 9.47 Å². The summed E-state index contributed by atoms with van der Waals surface area (Å²) in [4.78, 5) is 12.1. The Kier molecular flexibility index (Phi) is 13.5. The van der Waals surface area contributed by atoms with E-state index in [0.717, 1.165) is 62.0 Å². The molecule has 0 aliphatic rings. The molecule has 33 heavy (non-hydrogen) atoms. The minimum atomic E-state index is -0.161. The maximum Gasteiger partial charge on any atom is 0.311 e. The molecule has 0 heterocycles. The monoisotopic (exact) mass is 448 g/mol. The van der Waals surface area contributed by atoms with Crippen LogP contribution in [0.5, 0.6) is 11.5 Å². The highest BCUT2D eigenvalue weighted by molar-refractivity contribution is 5.73. The Morgan fingerprint density at radius 1 is 0.727 bits per heavy atom. The highest BCUT2D eigenvalue weighted by atomic mass is 16.5. The van der Waals surface area contributed by atoms with Crippen molar-refractivity contribution in [1.29, 1.82) is 0 Å². The molecule has 0 aromatic heterocycles. The van der Waals surface area contributed by atoms with Gasteiger partial charge in [0.1, 0.15) is 11.5 Å². The lowest BCUT2D eigenvalue weighted by molar-refractivity contribution is -0.134. The maximum atomic E-state index is 12.1. The van der Waals surface area contributed by atoms with E-state index in [0.29, 0.717) is 12.2 Å². The van der Waals surface area contributed by atoms with Gasteiger partial charge in [-0.25, -0.2) is 0 Å². The van der Waals surface area contributed by atoms with Crippen molar-refractivity contribution in [2.75, 3.05) is 6.61 Å². The van der Waals surface area contributed by atoms with Crippen LogP contribution < -0.4 is 9.47 Å². The summed E-state index contributed by atoms with van der Waals surface area (Å²) in [6.07, 6.45) is 19.3. The summed E-state index contributed by atoms with van der Waals surface area (Å²) in [5.74, 6) is 4.02. The van der Waals surface area contributed by atoms with E-state index in [-0.39, 0.29) is 5.97 Å². The summed E-state index contributed by atoms with van der Waals surface area (Å²) in [5.41, 5.74) is 2.20. The highest BCUT2D eigenvalue weighted by Crippen LogP contribution is 2.25. The van der Waals surface area contributed by atoms with Crippen molar-refractivity contribution in [1.82, 2.24) is 0 Å². The first-order chi connectivity index (χ1) is 16.2. The van der Waals surface area contributed by atoms with Gasteiger partial charge in [0.15, 0.2) is 0 Å². The molecule has 0 amide bonds. The summed E-state index contributed by atoms with van der Waals surface area (Å²) in [6.45, 7) is 3.00. The average molecular weight is 449 g/mol. The summed E-state index contributed by atoms with van der Waals surface area (Å²) < 4.78 is 11.3. The number of hydrogen-bond acceptors (Lipinski definition) is 3. The van der Waals surface area contributed by atoms with Crippen LogP contribution in [-0.4, -0.2) is 12.6 Å². The molecule has 0 N–H and O–H groups in total. The highest BCUT2D eigenvalue weighted by Gasteiger charge is 2.06. The Hall–Kier alpha value is -2.73. The van der Waals surface area contributed by atoms with Crippen LogP contribution in [0, 0.1) is 12.3 Å². The van der Waals surface area contributed by atoms with Crippen LogP contribution in [0.4, 0.5) is 0 Å². The SMILES string of the molecule is C#CCCCCCCCCC(=O)Oc1ccc(-c2ccc(OCCCCCCC)cc2)cc1. The van der Waals surface area contributed by atoms with Crippen molar-refractivity contribution in [3.63, 3.8) is 0 Å². The van der Waals surface area contributed by atoms with E-state index in [4.69, 9.17) is 15.9 Å². The van der Waals surface area contributed by atoms with Gasteiger partial charge in [0, 0.05) is 12.8 Å². The summed E-state index contributed by atoms with van der Waals surface area (Å²) in [5, 5.41) is 0. The predicted molar refractivity (Wildman–Crippen MR) is 138 cm³/mol. The molecule has 2 aromatic rings. The minimum absolute atomic E-state index is 0.161. The molecule has 3 heteroatoms. The van der Waals surface area contributed by atoms with Crippen LogP contribution in [0.2, 0.25) is 0 Å². The Morgan fingerprint density at radius 2 is 1.27 bits per heavy atom. The number of hydrogen-bond donors (Lipinski definition) is 0. The second kappa shape index (κ2) is 16.8. The minimum Gasteiger partial charge on any atom is -0.494 e. The molecule has 0 saturated carbocycles. The Morgan fingerprint density at radius 3 is 1.91 bits per heavy atom. The number of benzene rings is 2. The first-order valence-electron chi connectivity index (χ1n) is 12.7. The van der Waals surface area contributed by atoms with Crippen LogP contribution in [-0.2, 0) is 4.79 Å². The fraction of sp³-hybridized carbons (Fsp3) is 0.500. The van der Waals surface area contributed by atoms with E-state index in [2.05, 4.69) is 25.0 Å². The molecule has 0 bridgehead atoms. The largest absolute Gasteiger partial charge is 0.494 e. The Bertz CT molecular complexity index is 815. The van der Waals surface area contributed by atoms with Crippen molar-refractivity contribution >= 4 is 5.97 Å². The summed E-state index contributed by atoms with van der Waals surface area (Å²) in [7, 11) is 0. The van der Waals surface area contributed by atoms with Gasteiger partial charge in [0.25, 0.3) is 0 Å². The van der Waals surface area contributed by atoms with E-state index < -0.39 is 0 Å². The topological polar surface area (TPSA) is 35.5 Å². The summed E-state index contributed by atoms with van der Waals surface area (Å²) in [6, 6.07) is 15.9. The third kappa shape index (κ3) is 11.6. The van der Waals surface area contributed by atoms with Crippen LogP contribution in [0.1, 0.15) is 90.4 Å². The maximum absolute atomic E-state index is 12.1. The zero-order valence-corrected chi connectivity index (χ0v) is 20.3. The number of unbranched alkanes of at least 4 members (excludes halogenated alkanes) is 10. The van der Waals surface area contributed by atoms with Crippen molar-refractivity contribution in [2.45, 2.75) is 90.4 Å². The standard InChI is InChI=1S/C30H40O3/c1-3-5-7-9-10-11-12-14-16-30(31)33-29-23-19-27(20-24-29)26-17-21-28(22-18-26)32-25-15-13-8-6-4-2/h1,17-24H,4-16,25H2,2H3. The molecule has 0 unspecified atom stereocenters. The second-order valence-electron chi connectivity index (χ2n) is 8.61. The lowest BCUT2D eigenvalue weighted by Crippen LogP contribution is -2.07. The average Bonchev–Trinajstić information content (AvgIpc) is 2.84. The van der Waals surface area contributed by atoms with E-state index in [1.165, 1.54) is 38.5 Å². The number of carbonyl (C=O) groups is 1. The van der Waals surface area contributed by atoms with Gasteiger partial charge in [-0.3, -0.25) is 4.79 Å². The third-order valence-corrected chi connectivity index (χ3v) is 5.74. The molecule has 0 saturated heterocycles. The van der Waals surface area contributed by atoms with Crippen molar-refractivity contribution in [3.05, 3.63) is 48.5 Å². The number of terminal acetylenes is 1. The predicted octanol–water partition coefficient (Wildman–Crippen LogP) is 8.36. The van der Waals surface area contributed by atoms with E-state index in [1.807, 2.05) is 36.4 Å². The van der Waals surface area contributed by atoms with E-state index >= 15 is 0 Å². The van der Waals surface area contributed by atoms with Crippen LogP contribution in [0.25, 0.3) is 11.1 Å². The van der Waals surface area contributed by atoms with Gasteiger partial charge in [0.2, 0.25) is 0 Å². The molecule has 3 nitrogen and oxygen atoms in total. The lowest BCUT2D eigenvalue weighted by Gasteiger charge is -2.08. The van der Waals surface area contributed by atoms with Gasteiger partial charge in [-0.1, -0.05) is 82.6 Å². The first-order valence-corrected chi connectivity index (χ1v) is 12.7. The van der Waals surface area contributed by atoms with Crippen LogP contribution in [0.3, 0.4) is 0 Å². The normalized spacial score (nSPS) is 10.5. The molecule has 2 aromatic carbocycles. The van der Waals surface area contributed by atoms with Crippen LogP contribution >= 0.6 is 0 Å². The van der Waals surface area contributed by atoms with Gasteiger partial charge in [-0.2, -0.15) is 0 Å². The smallest absolute Gasteiger partial charge is 0.311 e. The molecular formula is C30H40O3. The third-order valence-electron chi connectivity index (χ3n) is 5.74. The second-order valence-corrected chi connectivity index (χ2v) is 8.61. The molecule has 0 spiro atoms. The van der Waals surface area contributed by atoms with Gasteiger partial charge >= 0.3 is 5.97 Å². The lowest BCUT2D eigenvalue weighted by atomic mass is 10.1. The van der Waals surface area contributed by atoms with Crippen LogP contribution in [0.15, 0.2) is 48.5 Å². The molecule has 2 rings (SSSR count). The molecule has 0 aliphatic carbocycles. The fourth-order valence-electron chi connectivity index (χ4n) is 3.74.